The number of sulfonamides is 1. The minimum atomic E-state index is -3.11. The first-order chi connectivity index (χ1) is 9.51. The third kappa shape index (κ3) is 4.58. The minimum absolute atomic E-state index is 0.0315. The Hall–Kier alpha value is 0.160. The summed E-state index contributed by atoms with van der Waals surface area (Å²) in [6.45, 7) is 6.89. The zero-order chi connectivity index (χ0) is 14.6. The highest BCUT2D eigenvalue weighted by atomic mass is 35.5. The van der Waals surface area contributed by atoms with Gasteiger partial charge in [0.05, 0.1) is 5.75 Å². The van der Waals surface area contributed by atoms with Crippen molar-refractivity contribution in [3.63, 3.8) is 0 Å². The molecule has 20 heavy (non-hydrogen) atoms. The first-order valence-electron chi connectivity index (χ1n) is 7.77. The zero-order valence-electron chi connectivity index (χ0n) is 12.4. The summed E-state index contributed by atoms with van der Waals surface area (Å²) in [4.78, 5) is 2.53. The van der Waals surface area contributed by atoms with Crippen LogP contribution in [0.4, 0.5) is 0 Å². The number of hydrogen-bond acceptors (Lipinski definition) is 3. The topological polar surface area (TPSA) is 40.6 Å². The SMILES string of the molecule is CC(CCl)CS(=O)(=O)N1CCC(CN2CCCC2)CC1. The largest absolute Gasteiger partial charge is 0.303 e. The predicted molar refractivity (Wildman–Crippen MR) is 83.6 cm³/mol. The highest BCUT2D eigenvalue weighted by Crippen LogP contribution is 2.23. The van der Waals surface area contributed by atoms with E-state index in [0.717, 1.165) is 19.4 Å². The Bertz CT molecular complexity index is 388. The molecule has 6 heteroatoms. The van der Waals surface area contributed by atoms with E-state index in [2.05, 4.69) is 4.90 Å². The van der Waals surface area contributed by atoms with Crippen molar-refractivity contribution >= 4 is 21.6 Å². The fraction of sp³-hybridized carbons (Fsp3) is 1.00. The second-order valence-electron chi connectivity index (χ2n) is 6.39. The molecular weight excluding hydrogens is 296 g/mol. The Kier molecular flexibility index (Phi) is 6.14. The van der Waals surface area contributed by atoms with Crippen LogP contribution in [0.25, 0.3) is 0 Å². The zero-order valence-corrected chi connectivity index (χ0v) is 14.0. The van der Waals surface area contributed by atoms with Crippen molar-refractivity contribution < 1.29 is 8.42 Å². The molecule has 0 spiro atoms. The lowest BCUT2D eigenvalue weighted by atomic mass is 9.98. The number of alkyl halides is 1. The smallest absolute Gasteiger partial charge is 0.214 e. The van der Waals surface area contributed by atoms with E-state index in [-0.39, 0.29) is 11.7 Å². The summed E-state index contributed by atoms with van der Waals surface area (Å²) >= 11 is 5.73. The van der Waals surface area contributed by atoms with E-state index in [9.17, 15) is 8.42 Å². The monoisotopic (exact) mass is 322 g/mol. The van der Waals surface area contributed by atoms with Gasteiger partial charge in [0.2, 0.25) is 10.0 Å². The van der Waals surface area contributed by atoms with Gasteiger partial charge in [-0.3, -0.25) is 0 Å². The van der Waals surface area contributed by atoms with Gasteiger partial charge in [-0.2, -0.15) is 0 Å². The number of rotatable bonds is 6. The number of halogens is 1. The molecule has 2 aliphatic heterocycles. The third-order valence-corrected chi connectivity index (χ3v) is 7.11. The predicted octanol–water partition coefficient (Wildman–Crippen LogP) is 2.00. The standard InChI is InChI=1S/C14H27ClN2O2S/c1-13(10-15)12-20(18,19)17-8-4-14(5-9-17)11-16-6-2-3-7-16/h13-14H,2-12H2,1H3. The van der Waals surface area contributed by atoms with Crippen LogP contribution in [0.3, 0.4) is 0 Å². The molecule has 2 heterocycles. The van der Waals surface area contributed by atoms with Crippen LogP contribution < -0.4 is 0 Å². The molecule has 0 saturated carbocycles. The number of hydrogen-bond donors (Lipinski definition) is 0. The first kappa shape index (κ1) is 16.5. The highest BCUT2D eigenvalue weighted by Gasteiger charge is 2.30. The molecule has 1 unspecified atom stereocenters. The van der Waals surface area contributed by atoms with Gasteiger partial charge in [0.15, 0.2) is 0 Å². The van der Waals surface area contributed by atoms with Crippen molar-refractivity contribution in [2.75, 3.05) is 44.4 Å². The molecule has 0 N–H and O–H groups in total. The van der Waals surface area contributed by atoms with Crippen LogP contribution in [-0.2, 0) is 10.0 Å². The summed E-state index contributed by atoms with van der Waals surface area (Å²) in [5.41, 5.74) is 0. The van der Waals surface area contributed by atoms with E-state index < -0.39 is 10.0 Å². The summed E-state index contributed by atoms with van der Waals surface area (Å²) < 4.78 is 26.2. The number of nitrogens with zero attached hydrogens (tertiary/aromatic N) is 2. The molecule has 0 bridgehead atoms. The average Bonchev–Trinajstić information content (AvgIpc) is 2.91. The second kappa shape index (κ2) is 7.43. The van der Waals surface area contributed by atoms with Crippen molar-refractivity contribution in [2.45, 2.75) is 32.6 Å². The van der Waals surface area contributed by atoms with E-state index in [0.29, 0.717) is 24.9 Å². The highest BCUT2D eigenvalue weighted by molar-refractivity contribution is 7.89. The van der Waals surface area contributed by atoms with Gasteiger partial charge in [0, 0.05) is 25.5 Å². The summed E-state index contributed by atoms with van der Waals surface area (Å²) in [6.07, 6.45) is 4.66. The van der Waals surface area contributed by atoms with Gasteiger partial charge >= 0.3 is 0 Å². The van der Waals surface area contributed by atoms with Gasteiger partial charge in [-0.25, -0.2) is 12.7 Å². The summed E-state index contributed by atoms with van der Waals surface area (Å²) in [6, 6.07) is 0. The molecule has 0 aromatic rings. The Morgan fingerprint density at radius 1 is 1.15 bits per heavy atom. The van der Waals surface area contributed by atoms with Gasteiger partial charge in [0.1, 0.15) is 0 Å². The maximum Gasteiger partial charge on any atom is 0.214 e. The van der Waals surface area contributed by atoms with Crippen molar-refractivity contribution in [3.05, 3.63) is 0 Å². The number of piperidine rings is 1. The van der Waals surface area contributed by atoms with Gasteiger partial charge in [-0.1, -0.05) is 6.92 Å². The van der Waals surface area contributed by atoms with E-state index in [1.165, 1.54) is 25.9 Å². The van der Waals surface area contributed by atoms with Crippen LogP contribution in [0.5, 0.6) is 0 Å². The lowest BCUT2D eigenvalue weighted by Crippen LogP contribution is -2.43. The van der Waals surface area contributed by atoms with Crippen LogP contribution in [0, 0.1) is 11.8 Å². The molecule has 2 rings (SSSR count). The van der Waals surface area contributed by atoms with E-state index in [1.54, 1.807) is 4.31 Å². The summed E-state index contributed by atoms with van der Waals surface area (Å²) in [5.74, 6) is 1.30. The molecular formula is C14H27ClN2O2S. The van der Waals surface area contributed by atoms with Crippen molar-refractivity contribution in [2.24, 2.45) is 11.8 Å². The number of likely N-dealkylation sites (tertiary alicyclic amines) is 1. The van der Waals surface area contributed by atoms with Crippen LogP contribution in [0.1, 0.15) is 32.6 Å². The molecule has 2 fully saturated rings. The first-order valence-corrected chi connectivity index (χ1v) is 9.92. The Balaban J connectivity index is 1.78. The third-order valence-electron chi connectivity index (χ3n) is 4.44. The molecule has 0 radical (unpaired) electrons. The molecule has 0 aromatic heterocycles. The molecule has 0 amide bonds. The van der Waals surface area contributed by atoms with E-state index >= 15 is 0 Å². The molecule has 118 valence electrons. The fourth-order valence-corrected chi connectivity index (χ4v) is 5.26. The lowest BCUT2D eigenvalue weighted by molar-refractivity contribution is 0.205. The molecule has 4 nitrogen and oxygen atoms in total. The van der Waals surface area contributed by atoms with E-state index in [1.807, 2.05) is 6.92 Å². The maximum atomic E-state index is 12.3. The maximum absolute atomic E-state index is 12.3. The fourth-order valence-electron chi connectivity index (χ4n) is 3.21. The van der Waals surface area contributed by atoms with Crippen molar-refractivity contribution in [3.8, 4) is 0 Å². The Morgan fingerprint density at radius 3 is 2.30 bits per heavy atom. The quantitative estimate of drug-likeness (QED) is 0.702. The molecule has 2 aliphatic rings. The molecule has 0 aromatic carbocycles. The Labute approximate surface area is 128 Å². The summed E-state index contributed by atoms with van der Waals surface area (Å²) in [7, 11) is -3.11. The van der Waals surface area contributed by atoms with Crippen LogP contribution in [0.15, 0.2) is 0 Å². The van der Waals surface area contributed by atoms with Gasteiger partial charge in [-0.05, 0) is 50.6 Å². The molecule has 2 saturated heterocycles. The van der Waals surface area contributed by atoms with Gasteiger partial charge in [-0.15, -0.1) is 11.6 Å². The van der Waals surface area contributed by atoms with Crippen LogP contribution >= 0.6 is 11.6 Å². The molecule has 1 atom stereocenters. The van der Waals surface area contributed by atoms with Gasteiger partial charge < -0.3 is 4.90 Å². The lowest BCUT2D eigenvalue weighted by Gasteiger charge is -2.33. The Morgan fingerprint density at radius 2 is 1.75 bits per heavy atom. The van der Waals surface area contributed by atoms with Crippen LogP contribution in [-0.4, -0.2) is 62.0 Å². The average molecular weight is 323 g/mol. The van der Waals surface area contributed by atoms with Gasteiger partial charge in [0.25, 0.3) is 0 Å². The van der Waals surface area contributed by atoms with Crippen molar-refractivity contribution in [1.82, 2.24) is 9.21 Å². The van der Waals surface area contributed by atoms with E-state index in [4.69, 9.17) is 11.6 Å². The second-order valence-corrected chi connectivity index (χ2v) is 8.71. The summed E-state index contributed by atoms with van der Waals surface area (Å²) in [5, 5.41) is 0. The molecule has 0 aliphatic carbocycles. The minimum Gasteiger partial charge on any atom is -0.303 e. The van der Waals surface area contributed by atoms with Crippen LogP contribution in [0.2, 0.25) is 0 Å². The normalized spacial score (nSPS) is 25.1. The van der Waals surface area contributed by atoms with Crippen molar-refractivity contribution in [1.29, 1.82) is 0 Å².